The van der Waals surface area contributed by atoms with Crippen LogP contribution in [0.2, 0.25) is 0 Å². The Morgan fingerprint density at radius 1 is 0.641 bits per heavy atom. The van der Waals surface area contributed by atoms with Gasteiger partial charge < -0.3 is 0 Å². The van der Waals surface area contributed by atoms with Gasteiger partial charge in [-0.05, 0) is 84.0 Å². The molecule has 1 aromatic heterocycles. The minimum Gasteiger partial charge on any atom is -0.298 e. The van der Waals surface area contributed by atoms with Crippen molar-refractivity contribution < 1.29 is 0 Å². The summed E-state index contributed by atoms with van der Waals surface area (Å²) in [5.74, 6) is 1.70. The summed E-state index contributed by atoms with van der Waals surface area (Å²) in [5.41, 5.74) is 8.40. The van der Waals surface area contributed by atoms with Gasteiger partial charge in [0.25, 0.3) is 0 Å². The van der Waals surface area contributed by atoms with E-state index in [4.69, 9.17) is 4.98 Å². The summed E-state index contributed by atoms with van der Waals surface area (Å²) in [4.78, 5) is 4.80. The normalized spacial score (nSPS) is 16.5. The zero-order valence-corrected chi connectivity index (χ0v) is 22.4. The van der Waals surface area contributed by atoms with E-state index in [0.29, 0.717) is 23.1 Å². The maximum absolute atomic E-state index is 9.92. The third-order valence-electron chi connectivity index (χ3n) is 8.68. The molecule has 0 N–H and O–H groups in total. The van der Waals surface area contributed by atoms with E-state index in [1.807, 2.05) is 30.5 Å². The molecule has 6 rings (SSSR count). The molecule has 0 saturated heterocycles. The Morgan fingerprint density at radius 2 is 1.26 bits per heavy atom. The minimum absolute atomic E-state index is 0.406. The highest BCUT2D eigenvalue weighted by Crippen LogP contribution is 2.45. The average molecular weight is 511 g/mol. The van der Waals surface area contributed by atoms with Crippen LogP contribution in [-0.4, -0.2) is 9.55 Å². The Bertz CT molecular complexity index is 1500. The predicted octanol–water partition coefficient (Wildman–Crippen LogP) is 9.05. The van der Waals surface area contributed by atoms with Crippen LogP contribution in [0.15, 0.2) is 72.9 Å². The van der Waals surface area contributed by atoms with Gasteiger partial charge in [0.15, 0.2) is 5.69 Å². The molecule has 0 amide bonds. The highest BCUT2D eigenvalue weighted by atomic mass is 15.1. The SMILES string of the molecule is N#Cc1cccc(-c2nc(C#N)cn2-c2c(C3CCCCC3)cc(-c3ccccc3)cc2C2CCCCC2)c1. The molecule has 0 bridgehead atoms. The molecule has 194 valence electrons. The summed E-state index contributed by atoms with van der Waals surface area (Å²) in [7, 11) is 0. The molecule has 0 radical (unpaired) electrons. The summed E-state index contributed by atoms with van der Waals surface area (Å²) >= 11 is 0. The number of benzene rings is 3. The maximum Gasteiger partial charge on any atom is 0.159 e. The van der Waals surface area contributed by atoms with E-state index in [-0.39, 0.29) is 0 Å². The van der Waals surface area contributed by atoms with Crippen molar-refractivity contribution in [1.29, 1.82) is 10.5 Å². The molecular formula is C35H34N4. The molecule has 0 spiro atoms. The summed E-state index contributed by atoms with van der Waals surface area (Å²) in [6.45, 7) is 0. The summed E-state index contributed by atoms with van der Waals surface area (Å²) in [6.07, 6.45) is 14.3. The molecule has 0 unspecified atom stereocenters. The number of aromatic nitrogens is 2. The predicted molar refractivity (Wildman–Crippen MR) is 156 cm³/mol. The molecule has 39 heavy (non-hydrogen) atoms. The number of hydrogen-bond donors (Lipinski definition) is 0. The molecule has 1 heterocycles. The summed E-state index contributed by atoms with van der Waals surface area (Å²) in [6, 6.07) is 27.8. The van der Waals surface area contributed by atoms with E-state index >= 15 is 0 Å². The second kappa shape index (κ2) is 11.3. The molecule has 2 fully saturated rings. The number of nitrogens with zero attached hydrogens (tertiary/aromatic N) is 4. The van der Waals surface area contributed by atoms with Crippen LogP contribution in [0.1, 0.15) is 98.4 Å². The first-order valence-electron chi connectivity index (χ1n) is 14.5. The van der Waals surface area contributed by atoms with Gasteiger partial charge in [-0.1, -0.05) is 81.0 Å². The lowest BCUT2D eigenvalue weighted by molar-refractivity contribution is 0.434. The first-order valence-corrected chi connectivity index (χ1v) is 14.5. The average Bonchev–Trinajstić information content (AvgIpc) is 3.46. The van der Waals surface area contributed by atoms with Gasteiger partial charge in [-0.3, -0.25) is 4.57 Å². The molecular weight excluding hydrogens is 476 g/mol. The molecule has 2 aliphatic rings. The third-order valence-corrected chi connectivity index (χ3v) is 8.68. The fraction of sp³-hybridized carbons (Fsp3) is 0.343. The van der Waals surface area contributed by atoms with E-state index < -0.39 is 0 Å². The van der Waals surface area contributed by atoms with Crippen molar-refractivity contribution in [2.75, 3.05) is 0 Å². The third kappa shape index (κ3) is 5.13. The van der Waals surface area contributed by atoms with Gasteiger partial charge in [0.1, 0.15) is 11.9 Å². The van der Waals surface area contributed by atoms with Crippen LogP contribution in [0.25, 0.3) is 28.2 Å². The van der Waals surface area contributed by atoms with Crippen molar-refractivity contribution in [1.82, 2.24) is 9.55 Å². The quantitative estimate of drug-likeness (QED) is 0.269. The van der Waals surface area contributed by atoms with Gasteiger partial charge >= 0.3 is 0 Å². The Labute approximate surface area is 231 Å². The standard InChI is InChI=1S/C35H34N4/c36-22-25-11-10-18-29(19-25)35-38-31(23-37)24-39(35)34-32(27-14-6-2-7-15-27)20-30(26-12-4-1-5-13-26)21-33(34)28-16-8-3-9-17-28/h1,4-5,10-13,18-21,24,27-28H,2-3,6-9,14-17H2. The lowest BCUT2D eigenvalue weighted by atomic mass is 9.77. The molecule has 4 aromatic rings. The summed E-state index contributed by atoms with van der Waals surface area (Å²) in [5, 5.41) is 19.5. The van der Waals surface area contributed by atoms with E-state index in [1.54, 1.807) is 0 Å². The Hall–Kier alpha value is -4.15. The van der Waals surface area contributed by atoms with Crippen molar-refractivity contribution in [3.8, 4) is 40.3 Å². The molecule has 0 aliphatic heterocycles. The zero-order chi connectivity index (χ0) is 26.6. The highest BCUT2D eigenvalue weighted by Gasteiger charge is 2.28. The maximum atomic E-state index is 9.92. The lowest BCUT2D eigenvalue weighted by Crippen LogP contribution is -2.15. The van der Waals surface area contributed by atoms with Crippen LogP contribution in [-0.2, 0) is 0 Å². The number of imidazole rings is 1. The fourth-order valence-electron chi connectivity index (χ4n) is 6.74. The second-order valence-electron chi connectivity index (χ2n) is 11.2. The molecule has 0 atom stereocenters. The second-order valence-corrected chi connectivity index (χ2v) is 11.2. The number of nitriles is 2. The van der Waals surface area contributed by atoms with Crippen LogP contribution in [0.4, 0.5) is 0 Å². The van der Waals surface area contributed by atoms with E-state index in [2.05, 4.69) is 59.2 Å². The van der Waals surface area contributed by atoms with Gasteiger partial charge in [0.2, 0.25) is 0 Å². The Kier molecular flexibility index (Phi) is 7.29. The molecule has 3 aromatic carbocycles. The van der Waals surface area contributed by atoms with Gasteiger partial charge in [-0.15, -0.1) is 0 Å². The summed E-state index contributed by atoms with van der Waals surface area (Å²) < 4.78 is 2.19. The lowest BCUT2D eigenvalue weighted by Gasteiger charge is -2.31. The van der Waals surface area contributed by atoms with Crippen LogP contribution in [0.3, 0.4) is 0 Å². The van der Waals surface area contributed by atoms with Crippen molar-refractivity contribution in [2.45, 2.75) is 76.0 Å². The fourth-order valence-corrected chi connectivity index (χ4v) is 6.74. The van der Waals surface area contributed by atoms with E-state index in [0.717, 1.165) is 11.4 Å². The van der Waals surface area contributed by atoms with Gasteiger partial charge in [-0.2, -0.15) is 10.5 Å². The van der Waals surface area contributed by atoms with Crippen LogP contribution in [0, 0.1) is 22.7 Å². The van der Waals surface area contributed by atoms with Crippen LogP contribution >= 0.6 is 0 Å². The van der Waals surface area contributed by atoms with Crippen molar-refractivity contribution in [2.24, 2.45) is 0 Å². The minimum atomic E-state index is 0.406. The van der Waals surface area contributed by atoms with Crippen LogP contribution < -0.4 is 0 Å². The van der Waals surface area contributed by atoms with Gasteiger partial charge in [0.05, 0.1) is 17.3 Å². The first kappa shape index (κ1) is 25.1. The zero-order valence-electron chi connectivity index (χ0n) is 22.4. The largest absolute Gasteiger partial charge is 0.298 e. The molecule has 4 nitrogen and oxygen atoms in total. The smallest absolute Gasteiger partial charge is 0.159 e. The highest BCUT2D eigenvalue weighted by molar-refractivity contribution is 5.72. The Balaban J connectivity index is 1.64. The topological polar surface area (TPSA) is 65.4 Å². The van der Waals surface area contributed by atoms with E-state index in [9.17, 15) is 10.5 Å². The van der Waals surface area contributed by atoms with Crippen molar-refractivity contribution in [3.63, 3.8) is 0 Å². The van der Waals surface area contributed by atoms with Gasteiger partial charge in [0, 0.05) is 11.8 Å². The Morgan fingerprint density at radius 3 is 1.85 bits per heavy atom. The van der Waals surface area contributed by atoms with E-state index in [1.165, 1.54) is 92.1 Å². The van der Waals surface area contributed by atoms with Crippen molar-refractivity contribution in [3.05, 3.63) is 95.3 Å². The molecule has 2 aliphatic carbocycles. The van der Waals surface area contributed by atoms with Crippen LogP contribution in [0.5, 0.6) is 0 Å². The monoisotopic (exact) mass is 510 g/mol. The van der Waals surface area contributed by atoms with Crippen molar-refractivity contribution >= 4 is 0 Å². The molecule has 4 heteroatoms. The number of rotatable bonds is 5. The molecule has 2 saturated carbocycles. The number of hydrogen-bond acceptors (Lipinski definition) is 3. The van der Waals surface area contributed by atoms with Gasteiger partial charge in [-0.25, -0.2) is 4.98 Å². The first-order chi connectivity index (χ1) is 19.2.